The number of ether oxygens (including phenoxy) is 1. The fraction of sp³-hybridized carbons (Fsp3) is 0.286. The molecule has 0 saturated carbocycles. The summed E-state index contributed by atoms with van der Waals surface area (Å²) in [4.78, 5) is 21.5. The second kappa shape index (κ2) is 8.41. The molecule has 0 radical (unpaired) electrons. The molecular formula is C21H20BrF2N3O2. The molecule has 0 aliphatic carbocycles. The van der Waals surface area contributed by atoms with Gasteiger partial charge in [-0.05, 0) is 73.0 Å². The third-order valence-corrected chi connectivity index (χ3v) is 4.52. The molecule has 0 unspecified atom stereocenters. The first-order valence-corrected chi connectivity index (χ1v) is 9.77. The van der Waals surface area contributed by atoms with Crippen LogP contribution in [0.3, 0.4) is 0 Å². The van der Waals surface area contributed by atoms with Gasteiger partial charge in [0, 0.05) is 6.07 Å². The van der Waals surface area contributed by atoms with Crippen molar-refractivity contribution in [1.82, 2.24) is 15.3 Å². The molecule has 2 aromatic carbocycles. The number of benzene rings is 2. The number of carbonyl (C=O) groups excluding carboxylic acids is 1. The second-order valence-corrected chi connectivity index (χ2v) is 8.32. The van der Waals surface area contributed by atoms with Crippen molar-refractivity contribution in [2.45, 2.75) is 38.8 Å². The highest BCUT2D eigenvalue weighted by Crippen LogP contribution is 2.27. The van der Waals surface area contributed by atoms with Crippen molar-refractivity contribution < 1.29 is 18.3 Å². The van der Waals surface area contributed by atoms with E-state index in [2.05, 4.69) is 31.2 Å². The lowest BCUT2D eigenvalue weighted by Crippen LogP contribution is -2.36. The quantitative estimate of drug-likeness (QED) is 0.556. The molecule has 0 aliphatic heterocycles. The Morgan fingerprint density at radius 3 is 2.28 bits per heavy atom. The molecule has 3 rings (SSSR count). The number of amides is 1. The minimum Gasteiger partial charge on any atom is -0.444 e. The average molecular weight is 464 g/mol. The van der Waals surface area contributed by atoms with Crippen molar-refractivity contribution in [3.63, 3.8) is 0 Å². The summed E-state index contributed by atoms with van der Waals surface area (Å²) < 4.78 is 33.1. The summed E-state index contributed by atoms with van der Waals surface area (Å²) in [6.45, 7) is 5.24. The Bertz CT molecular complexity index is 1030. The third-order valence-electron chi connectivity index (χ3n) is 3.94. The molecule has 29 heavy (non-hydrogen) atoms. The molecule has 1 atom stereocenters. The fourth-order valence-corrected chi connectivity index (χ4v) is 3.40. The predicted molar refractivity (Wildman–Crippen MR) is 109 cm³/mol. The van der Waals surface area contributed by atoms with E-state index < -0.39 is 29.4 Å². The van der Waals surface area contributed by atoms with Crippen LogP contribution in [0.2, 0.25) is 0 Å². The van der Waals surface area contributed by atoms with Crippen LogP contribution in [0.5, 0.6) is 0 Å². The zero-order valence-corrected chi connectivity index (χ0v) is 17.8. The van der Waals surface area contributed by atoms with Gasteiger partial charge < -0.3 is 10.1 Å². The SMILES string of the molecule is CC(C)(C)OC(=O)N[C@@H](Cc1cc(F)cc(F)c1)c1nc2ccccc2nc1Br. The van der Waals surface area contributed by atoms with Crippen molar-refractivity contribution in [2.24, 2.45) is 0 Å². The van der Waals surface area contributed by atoms with Crippen LogP contribution in [0.1, 0.15) is 38.1 Å². The van der Waals surface area contributed by atoms with Crippen molar-refractivity contribution >= 4 is 33.1 Å². The van der Waals surface area contributed by atoms with Crippen LogP contribution in [-0.4, -0.2) is 21.7 Å². The number of nitrogens with one attached hydrogen (secondary N) is 1. The van der Waals surface area contributed by atoms with Gasteiger partial charge in [0.2, 0.25) is 0 Å². The van der Waals surface area contributed by atoms with Gasteiger partial charge >= 0.3 is 6.09 Å². The van der Waals surface area contributed by atoms with Gasteiger partial charge in [0.15, 0.2) is 0 Å². The Morgan fingerprint density at radius 1 is 1.10 bits per heavy atom. The van der Waals surface area contributed by atoms with Gasteiger partial charge in [0.25, 0.3) is 0 Å². The number of hydrogen-bond acceptors (Lipinski definition) is 4. The van der Waals surface area contributed by atoms with Crippen LogP contribution in [0.25, 0.3) is 11.0 Å². The summed E-state index contributed by atoms with van der Waals surface area (Å²) in [5.74, 6) is -1.39. The van der Waals surface area contributed by atoms with E-state index in [4.69, 9.17) is 4.74 Å². The highest BCUT2D eigenvalue weighted by atomic mass is 79.9. The number of fused-ring (bicyclic) bond motifs is 1. The number of alkyl carbamates (subject to hydrolysis) is 1. The number of carbonyl (C=O) groups is 1. The van der Waals surface area contributed by atoms with Gasteiger partial charge in [0.1, 0.15) is 21.8 Å². The summed E-state index contributed by atoms with van der Waals surface area (Å²) >= 11 is 3.40. The average Bonchev–Trinajstić information content (AvgIpc) is 2.58. The number of hydrogen-bond donors (Lipinski definition) is 1. The van der Waals surface area contributed by atoms with E-state index >= 15 is 0 Å². The Kier molecular flexibility index (Phi) is 6.12. The molecule has 0 aliphatic rings. The first-order valence-electron chi connectivity index (χ1n) is 8.97. The summed E-state index contributed by atoms with van der Waals surface area (Å²) in [5.41, 5.74) is 1.40. The van der Waals surface area contributed by atoms with Gasteiger partial charge in [-0.3, -0.25) is 0 Å². The normalized spacial score (nSPS) is 12.6. The summed E-state index contributed by atoms with van der Waals surface area (Å²) in [6.07, 6.45) is -0.569. The second-order valence-electron chi connectivity index (χ2n) is 7.57. The van der Waals surface area contributed by atoms with Crippen LogP contribution in [0, 0.1) is 11.6 Å². The Hall–Kier alpha value is -2.61. The first kappa shape index (κ1) is 21.1. The highest BCUT2D eigenvalue weighted by molar-refractivity contribution is 9.10. The zero-order chi connectivity index (χ0) is 21.2. The van der Waals surface area contributed by atoms with Gasteiger partial charge in [0.05, 0.1) is 22.8 Å². The van der Waals surface area contributed by atoms with Crippen molar-refractivity contribution in [3.8, 4) is 0 Å². The van der Waals surface area contributed by atoms with E-state index in [0.29, 0.717) is 26.9 Å². The largest absolute Gasteiger partial charge is 0.444 e. The molecule has 5 nitrogen and oxygen atoms in total. The van der Waals surface area contributed by atoms with E-state index in [1.54, 1.807) is 26.8 Å². The molecule has 0 saturated heterocycles. The molecule has 3 aromatic rings. The molecule has 0 spiro atoms. The summed E-state index contributed by atoms with van der Waals surface area (Å²) in [5, 5.41) is 2.74. The van der Waals surface area contributed by atoms with Gasteiger partial charge in [-0.1, -0.05) is 12.1 Å². The maximum atomic E-state index is 13.7. The molecule has 1 amide bonds. The fourth-order valence-electron chi connectivity index (χ4n) is 2.84. The minimum absolute atomic E-state index is 0.0968. The third kappa shape index (κ3) is 5.69. The minimum atomic E-state index is -0.725. The Balaban J connectivity index is 2.00. The molecule has 0 fully saturated rings. The maximum absolute atomic E-state index is 13.7. The topological polar surface area (TPSA) is 64.1 Å². The maximum Gasteiger partial charge on any atom is 0.408 e. The van der Waals surface area contributed by atoms with E-state index in [9.17, 15) is 13.6 Å². The van der Waals surface area contributed by atoms with E-state index in [1.807, 2.05) is 18.2 Å². The predicted octanol–water partition coefficient (Wildman–Crippen LogP) is 5.48. The lowest BCUT2D eigenvalue weighted by molar-refractivity contribution is 0.0502. The molecule has 1 N–H and O–H groups in total. The van der Waals surface area contributed by atoms with Crippen LogP contribution in [0.4, 0.5) is 13.6 Å². The number of aromatic nitrogens is 2. The highest BCUT2D eigenvalue weighted by Gasteiger charge is 2.24. The van der Waals surface area contributed by atoms with E-state index in [0.717, 1.165) is 6.07 Å². The van der Waals surface area contributed by atoms with Gasteiger partial charge in [-0.25, -0.2) is 23.5 Å². The first-order chi connectivity index (χ1) is 13.6. The van der Waals surface area contributed by atoms with Crippen molar-refractivity contribution in [2.75, 3.05) is 0 Å². The molecule has 1 heterocycles. The van der Waals surface area contributed by atoms with Crippen molar-refractivity contribution in [1.29, 1.82) is 0 Å². The zero-order valence-electron chi connectivity index (χ0n) is 16.2. The van der Waals surface area contributed by atoms with Gasteiger partial charge in [-0.2, -0.15) is 0 Å². The lowest BCUT2D eigenvalue weighted by atomic mass is 10.0. The molecule has 152 valence electrons. The molecular weight excluding hydrogens is 444 g/mol. The molecule has 8 heteroatoms. The molecule has 1 aromatic heterocycles. The van der Waals surface area contributed by atoms with Crippen molar-refractivity contribution in [3.05, 3.63) is 70.0 Å². The standard InChI is InChI=1S/C21H20BrF2N3O2/c1-21(2,3)29-20(28)27-17(10-12-8-13(23)11-14(24)9-12)18-19(22)26-16-7-5-4-6-15(16)25-18/h4-9,11,17H,10H2,1-3H3,(H,27,28)/t17-/m0/s1. The van der Waals surface area contributed by atoms with Crippen LogP contribution in [-0.2, 0) is 11.2 Å². The number of para-hydroxylation sites is 2. The van der Waals surface area contributed by atoms with Crippen LogP contribution < -0.4 is 5.32 Å². The van der Waals surface area contributed by atoms with E-state index in [-0.39, 0.29) is 6.42 Å². The lowest BCUT2D eigenvalue weighted by Gasteiger charge is -2.24. The Labute approximate surface area is 175 Å². The molecule has 0 bridgehead atoms. The number of rotatable bonds is 4. The van der Waals surface area contributed by atoms with Gasteiger partial charge in [-0.15, -0.1) is 0 Å². The number of nitrogens with zero attached hydrogens (tertiary/aromatic N) is 2. The monoisotopic (exact) mass is 463 g/mol. The van der Waals surface area contributed by atoms with Crippen LogP contribution >= 0.6 is 15.9 Å². The summed E-state index contributed by atoms with van der Waals surface area (Å²) in [7, 11) is 0. The Morgan fingerprint density at radius 2 is 1.69 bits per heavy atom. The van der Waals surface area contributed by atoms with E-state index in [1.165, 1.54) is 12.1 Å². The summed E-state index contributed by atoms with van der Waals surface area (Å²) in [6, 6.07) is 9.79. The smallest absolute Gasteiger partial charge is 0.408 e. The number of halogens is 3. The van der Waals surface area contributed by atoms with Crippen LogP contribution in [0.15, 0.2) is 47.1 Å².